The van der Waals surface area contributed by atoms with Crippen molar-refractivity contribution >= 4 is 11.6 Å². The first kappa shape index (κ1) is 16.9. The van der Waals surface area contributed by atoms with Crippen molar-refractivity contribution in [3.63, 3.8) is 0 Å². The molecule has 8 heteroatoms. The largest absolute Gasteiger partial charge is 0.453 e. The standard InChI is InChI=1S/C15H15F3N2O3/c1-9-4-6-11(7-5-9)20(3)12(21)8-22-14-10(2)13(19-23-14)15(16,17)18/h4-7H,8H2,1-3H3. The molecular formula is C15H15F3N2O3. The third-order valence-corrected chi connectivity index (χ3v) is 3.27. The number of aromatic nitrogens is 1. The molecule has 1 heterocycles. The van der Waals surface area contributed by atoms with Gasteiger partial charge >= 0.3 is 12.1 Å². The lowest BCUT2D eigenvalue weighted by atomic mass is 10.2. The van der Waals surface area contributed by atoms with Crippen LogP contribution in [0.2, 0.25) is 0 Å². The van der Waals surface area contributed by atoms with E-state index >= 15 is 0 Å². The van der Waals surface area contributed by atoms with E-state index in [0.29, 0.717) is 5.69 Å². The van der Waals surface area contributed by atoms with Crippen LogP contribution < -0.4 is 9.64 Å². The molecule has 1 aromatic heterocycles. The van der Waals surface area contributed by atoms with E-state index in [1.54, 1.807) is 19.2 Å². The Balaban J connectivity index is 2.02. The highest BCUT2D eigenvalue weighted by Crippen LogP contribution is 2.34. The zero-order valence-corrected chi connectivity index (χ0v) is 12.8. The second-order valence-corrected chi connectivity index (χ2v) is 5.02. The quantitative estimate of drug-likeness (QED) is 0.864. The van der Waals surface area contributed by atoms with E-state index in [1.807, 2.05) is 19.1 Å². The molecule has 0 aliphatic carbocycles. The molecule has 1 aromatic carbocycles. The van der Waals surface area contributed by atoms with Crippen LogP contribution in [-0.2, 0) is 11.0 Å². The highest BCUT2D eigenvalue weighted by molar-refractivity contribution is 5.93. The predicted octanol–water partition coefficient (Wildman–Crippen LogP) is 3.35. The Labute approximate surface area is 130 Å². The lowest BCUT2D eigenvalue weighted by Gasteiger charge is -2.17. The summed E-state index contributed by atoms with van der Waals surface area (Å²) in [6, 6.07) is 7.20. The molecule has 0 fully saturated rings. The number of benzene rings is 1. The van der Waals surface area contributed by atoms with Crippen LogP contribution >= 0.6 is 0 Å². The molecule has 2 aromatic rings. The summed E-state index contributed by atoms with van der Waals surface area (Å²) in [6.45, 7) is 2.63. The number of rotatable bonds is 4. The zero-order valence-electron chi connectivity index (χ0n) is 12.8. The fraction of sp³-hybridized carbons (Fsp3) is 0.333. The Hall–Kier alpha value is -2.51. The van der Waals surface area contributed by atoms with Crippen LogP contribution in [0, 0.1) is 13.8 Å². The molecular weight excluding hydrogens is 313 g/mol. The van der Waals surface area contributed by atoms with Gasteiger partial charge in [0.15, 0.2) is 12.3 Å². The Bertz CT molecular complexity index is 693. The number of aryl methyl sites for hydroxylation is 1. The molecule has 0 aliphatic rings. The molecule has 124 valence electrons. The van der Waals surface area contributed by atoms with Gasteiger partial charge in [-0.15, -0.1) is 0 Å². The van der Waals surface area contributed by atoms with Gasteiger partial charge in [-0.25, -0.2) is 0 Å². The highest BCUT2D eigenvalue weighted by Gasteiger charge is 2.38. The third-order valence-electron chi connectivity index (χ3n) is 3.27. The lowest BCUT2D eigenvalue weighted by molar-refractivity contribution is -0.143. The summed E-state index contributed by atoms with van der Waals surface area (Å²) < 4.78 is 47.3. The van der Waals surface area contributed by atoms with Crippen LogP contribution in [0.5, 0.6) is 5.95 Å². The minimum Gasteiger partial charge on any atom is -0.453 e. The number of likely N-dealkylation sites (N-methyl/N-ethyl adjacent to an activating group) is 1. The molecule has 0 N–H and O–H groups in total. The molecule has 2 rings (SSSR count). The van der Waals surface area contributed by atoms with E-state index in [-0.39, 0.29) is 5.56 Å². The van der Waals surface area contributed by atoms with E-state index in [9.17, 15) is 18.0 Å². The van der Waals surface area contributed by atoms with Crippen LogP contribution in [0.3, 0.4) is 0 Å². The van der Waals surface area contributed by atoms with Crippen LogP contribution in [-0.4, -0.2) is 24.7 Å². The fourth-order valence-electron chi connectivity index (χ4n) is 1.86. The van der Waals surface area contributed by atoms with E-state index in [1.165, 1.54) is 11.8 Å². The molecule has 0 bridgehead atoms. The molecule has 0 saturated heterocycles. The van der Waals surface area contributed by atoms with Crippen molar-refractivity contribution < 1.29 is 27.2 Å². The van der Waals surface area contributed by atoms with Gasteiger partial charge < -0.3 is 14.2 Å². The highest BCUT2D eigenvalue weighted by atomic mass is 19.4. The Morgan fingerprint density at radius 3 is 2.39 bits per heavy atom. The number of ether oxygens (including phenoxy) is 1. The SMILES string of the molecule is Cc1ccc(N(C)C(=O)COc2onc(C(F)(F)F)c2C)cc1. The molecule has 23 heavy (non-hydrogen) atoms. The van der Waals surface area contributed by atoms with E-state index in [2.05, 4.69) is 9.68 Å². The van der Waals surface area contributed by atoms with Crippen LogP contribution in [0.15, 0.2) is 28.8 Å². The van der Waals surface area contributed by atoms with Gasteiger partial charge in [0, 0.05) is 12.7 Å². The van der Waals surface area contributed by atoms with Gasteiger partial charge in [0.2, 0.25) is 0 Å². The maximum atomic E-state index is 12.6. The van der Waals surface area contributed by atoms with Gasteiger partial charge in [-0.05, 0) is 26.0 Å². The number of carbonyl (C=O) groups excluding carboxylic acids is 1. The maximum absolute atomic E-state index is 12.6. The second kappa shape index (κ2) is 6.31. The van der Waals surface area contributed by atoms with Crippen molar-refractivity contribution in [1.82, 2.24) is 5.16 Å². The average molecular weight is 328 g/mol. The van der Waals surface area contributed by atoms with Gasteiger partial charge in [0.1, 0.15) is 0 Å². The first-order chi connectivity index (χ1) is 10.7. The molecule has 1 amide bonds. The lowest BCUT2D eigenvalue weighted by Crippen LogP contribution is -2.31. The van der Waals surface area contributed by atoms with Gasteiger partial charge in [-0.3, -0.25) is 4.79 Å². The smallest absolute Gasteiger partial charge is 0.437 e. The number of hydrogen-bond acceptors (Lipinski definition) is 4. The summed E-state index contributed by atoms with van der Waals surface area (Å²) in [6.07, 6.45) is -4.63. The van der Waals surface area contributed by atoms with Crippen LogP contribution in [0.1, 0.15) is 16.8 Å². The number of halogens is 3. The number of carbonyl (C=O) groups is 1. The summed E-state index contributed by atoms with van der Waals surface area (Å²) >= 11 is 0. The third kappa shape index (κ3) is 3.82. The molecule has 0 spiro atoms. The molecule has 0 saturated carbocycles. The van der Waals surface area contributed by atoms with Gasteiger partial charge in [0.25, 0.3) is 5.91 Å². The van der Waals surface area contributed by atoms with Crippen molar-refractivity contribution in [2.24, 2.45) is 0 Å². The molecule has 0 unspecified atom stereocenters. The Morgan fingerprint density at radius 2 is 1.87 bits per heavy atom. The summed E-state index contributed by atoms with van der Waals surface area (Å²) in [5.41, 5.74) is 0.243. The van der Waals surface area contributed by atoms with Crippen LogP contribution in [0.4, 0.5) is 18.9 Å². The van der Waals surface area contributed by atoms with Crippen molar-refractivity contribution in [3.8, 4) is 5.95 Å². The summed E-state index contributed by atoms with van der Waals surface area (Å²) in [7, 11) is 1.55. The van der Waals surface area contributed by atoms with Crippen molar-refractivity contribution in [2.75, 3.05) is 18.6 Å². The van der Waals surface area contributed by atoms with Crippen molar-refractivity contribution in [2.45, 2.75) is 20.0 Å². The maximum Gasteiger partial charge on any atom is 0.437 e. The number of hydrogen-bond donors (Lipinski definition) is 0. The average Bonchev–Trinajstić information content (AvgIpc) is 2.86. The Morgan fingerprint density at radius 1 is 1.26 bits per heavy atom. The topological polar surface area (TPSA) is 55.6 Å². The van der Waals surface area contributed by atoms with Crippen molar-refractivity contribution in [1.29, 1.82) is 0 Å². The number of alkyl halides is 3. The molecule has 0 atom stereocenters. The number of anilines is 1. The minimum atomic E-state index is -4.63. The minimum absolute atomic E-state index is 0.289. The Kier molecular flexibility index (Phi) is 4.63. The number of nitrogens with zero attached hydrogens (tertiary/aromatic N) is 2. The van der Waals surface area contributed by atoms with Crippen LogP contribution in [0.25, 0.3) is 0 Å². The molecule has 0 radical (unpaired) electrons. The number of amides is 1. The van der Waals surface area contributed by atoms with E-state index < -0.39 is 30.3 Å². The fourth-order valence-corrected chi connectivity index (χ4v) is 1.86. The summed E-state index contributed by atoms with van der Waals surface area (Å²) in [4.78, 5) is 13.4. The van der Waals surface area contributed by atoms with Gasteiger partial charge in [0.05, 0.1) is 5.56 Å². The second-order valence-electron chi connectivity index (χ2n) is 5.02. The zero-order chi connectivity index (χ0) is 17.2. The van der Waals surface area contributed by atoms with Gasteiger partial charge in [-0.1, -0.05) is 22.9 Å². The predicted molar refractivity (Wildman–Crippen MR) is 76.3 cm³/mol. The summed E-state index contributed by atoms with van der Waals surface area (Å²) in [5.74, 6) is -0.846. The molecule has 5 nitrogen and oxygen atoms in total. The van der Waals surface area contributed by atoms with E-state index in [4.69, 9.17) is 4.74 Å². The molecule has 0 aliphatic heterocycles. The van der Waals surface area contributed by atoms with Crippen molar-refractivity contribution in [3.05, 3.63) is 41.1 Å². The normalized spacial score (nSPS) is 11.4. The first-order valence-corrected chi connectivity index (χ1v) is 6.69. The van der Waals surface area contributed by atoms with Gasteiger partial charge in [-0.2, -0.15) is 13.2 Å². The monoisotopic (exact) mass is 328 g/mol. The summed E-state index contributed by atoms with van der Waals surface area (Å²) in [5, 5.41) is 2.93. The van der Waals surface area contributed by atoms with E-state index in [0.717, 1.165) is 5.56 Å². The first-order valence-electron chi connectivity index (χ1n) is 6.69.